The molecule has 1 heterocycles. The first kappa shape index (κ1) is 11.2. The number of Topliss-reactive ketones (excluding diaryl/α,β-unsaturated/α-hetero) is 1. The summed E-state index contributed by atoms with van der Waals surface area (Å²) in [4.78, 5) is 15.8. The van der Waals surface area contributed by atoms with Crippen LogP contribution in [-0.2, 0) is 7.05 Å². The molecular weight excluding hydrogens is 202 g/mol. The van der Waals surface area contributed by atoms with Gasteiger partial charge >= 0.3 is 0 Å². The average Bonchev–Trinajstić information content (AvgIpc) is 2.47. The lowest BCUT2D eigenvalue weighted by Gasteiger charge is -2.20. The monoisotopic (exact) mass is 215 g/mol. The maximum Gasteiger partial charge on any atom is 0.202 e. The number of carbonyl (C=O) groups excluding carboxylic acids is 1. The van der Waals surface area contributed by atoms with Gasteiger partial charge < -0.3 is 10.3 Å². The smallest absolute Gasteiger partial charge is 0.202 e. The van der Waals surface area contributed by atoms with Gasteiger partial charge in [0.05, 0.1) is 6.20 Å². The van der Waals surface area contributed by atoms with Gasteiger partial charge in [0.2, 0.25) is 5.28 Å². The van der Waals surface area contributed by atoms with Gasteiger partial charge in [-0.15, -0.1) is 0 Å². The van der Waals surface area contributed by atoms with E-state index < -0.39 is 5.41 Å². The van der Waals surface area contributed by atoms with Crippen LogP contribution in [0.2, 0.25) is 5.28 Å². The summed E-state index contributed by atoms with van der Waals surface area (Å²) in [5.41, 5.74) is 5.44. The zero-order valence-corrected chi connectivity index (χ0v) is 9.30. The molecule has 0 aliphatic heterocycles. The first-order valence-corrected chi connectivity index (χ1v) is 4.70. The topological polar surface area (TPSA) is 60.9 Å². The fourth-order valence-corrected chi connectivity index (χ4v) is 1.18. The first-order valence-electron chi connectivity index (χ1n) is 4.32. The molecule has 5 heteroatoms. The number of hydrogen-bond donors (Lipinski definition) is 1. The van der Waals surface area contributed by atoms with Gasteiger partial charge in [0, 0.05) is 19.0 Å². The summed E-state index contributed by atoms with van der Waals surface area (Å²) >= 11 is 5.74. The summed E-state index contributed by atoms with van der Waals surface area (Å²) in [6, 6.07) is 0. The van der Waals surface area contributed by atoms with Crippen LogP contribution in [0.5, 0.6) is 0 Å². The van der Waals surface area contributed by atoms with Crippen LogP contribution >= 0.6 is 11.6 Å². The van der Waals surface area contributed by atoms with Crippen LogP contribution < -0.4 is 5.73 Å². The molecule has 1 rings (SSSR count). The van der Waals surface area contributed by atoms with Crippen LogP contribution in [0.15, 0.2) is 6.20 Å². The van der Waals surface area contributed by atoms with Crippen molar-refractivity contribution in [3.05, 3.63) is 17.2 Å². The molecule has 0 spiro atoms. The van der Waals surface area contributed by atoms with E-state index in [9.17, 15) is 4.79 Å². The number of rotatable bonds is 3. The molecule has 0 aliphatic carbocycles. The average molecular weight is 216 g/mol. The van der Waals surface area contributed by atoms with E-state index in [1.165, 1.54) is 6.20 Å². The van der Waals surface area contributed by atoms with E-state index in [2.05, 4.69) is 4.98 Å². The summed E-state index contributed by atoms with van der Waals surface area (Å²) in [5, 5.41) is 0.307. The maximum atomic E-state index is 11.9. The van der Waals surface area contributed by atoms with Gasteiger partial charge in [0.1, 0.15) is 5.69 Å². The van der Waals surface area contributed by atoms with Crippen molar-refractivity contribution in [2.24, 2.45) is 18.2 Å². The second-order valence-corrected chi connectivity index (χ2v) is 4.23. The second kappa shape index (κ2) is 3.71. The molecule has 14 heavy (non-hydrogen) atoms. The molecule has 0 aliphatic rings. The van der Waals surface area contributed by atoms with Crippen molar-refractivity contribution in [3.63, 3.8) is 0 Å². The lowest BCUT2D eigenvalue weighted by atomic mass is 9.87. The largest absolute Gasteiger partial charge is 0.329 e. The van der Waals surface area contributed by atoms with E-state index in [1.807, 2.05) is 0 Å². The minimum atomic E-state index is -0.572. The summed E-state index contributed by atoms with van der Waals surface area (Å²) < 4.78 is 1.56. The van der Waals surface area contributed by atoms with Crippen LogP contribution in [-0.4, -0.2) is 21.9 Å². The molecule has 1 aromatic heterocycles. The third-order valence-electron chi connectivity index (χ3n) is 2.29. The van der Waals surface area contributed by atoms with Crippen molar-refractivity contribution in [1.82, 2.24) is 9.55 Å². The highest BCUT2D eigenvalue weighted by Crippen LogP contribution is 2.21. The van der Waals surface area contributed by atoms with Gasteiger partial charge in [-0.3, -0.25) is 4.79 Å². The molecule has 0 unspecified atom stereocenters. The fourth-order valence-electron chi connectivity index (χ4n) is 1.04. The van der Waals surface area contributed by atoms with E-state index in [4.69, 9.17) is 17.3 Å². The summed E-state index contributed by atoms with van der Waals surface area (Å²) in [6.07, 6.45) is 1.47. The Kier molecular flexibility index (Phi) is 2.97. The molecule has 0 radical (unpaired) electrons. The Labute approximate surface area is 88.1 Å². The van der Waals surface area contributed by atoms with E-state index >= 15 is 0 Å². The summed E-state index contributed by atoms with van der Waals surface area (Å²) in [7, 11) is 1.70. The van der Waals surface area contributed by atoms with Crippen LogP contribution in [0.4, 0.5) is 0 Å². The highest BCUT2D eigenvalue weighted by atomic mass is 35.5. The maximum absolute atomic E-state index is 11.9. The molecule has 0 bridgehead atoms. The number of ketones is 1. The Bertz CT molecular complexity index is 357. The minimum absolute atomic E-state index is 0.0399. The number of nitrogens with two attached hydrogens (primary N) is 1. The van der Waals surface area contributed by atoms with Gasteiger partial charge in [-0.05, 0) is 11.6 Å². The number of aromatic nitrogens is 2. The Morgan fingerprint density at radius 3 is 2.64 bits per heavy atom. The summed E-state index contributed by atoms with van der Waals surface area (Å²) in [6.45, 7) is 3.90. The third kappa shape index (κ3) is 1.81. The minimum Gasteiger partial charge on any atom is -0.329 e. The lowest BCUT2D eigenvalue weighted by Crippen LogP contribution is -2.33. The Morgan fingerprint density at radius 2 is 2.29 bits per heavy atom. The predicted octanol–water partition coefficient (Wildman–Crippen LogP) is 1.24. The molecule has 0 amide bonds. The zero-order valence-electron chi connectivity index (χ0n) is 8.54. The van der Waals surface area contributed by atoms with Crippen LogP contribution in [0.3, 0.4) is 0 Å². The van der Waals surface area contributed by atoms with E-state index in [0.29, 0.717) is 17.5 Å². The van der Waals surface area contributed by atoms with E-state index in [-0.39, 0.29) is 5.78 Å². The normalized spacial score (nSPS) is 11.8. The third-order valence-corrected chi connectivity index (χ3v) is 2.64. The second-order valence-electron chi connectivity index (χ2n) is 3.89. The molecule has 1 aromatic rings. The van der Waals surface area contributed by atoms with Gasteiger partial charge in [0.15, 0.2) is 5.78 Å². The van der Waals surface area contributed by atoms with Crippen molar-refractivity contribution >= 4 is 17.4 Å². The molecule has 0 fully saturated rings. The van der Waals surface area contributed by atoms with Crippen molar-refractivity contribution < 1.29 is 4.79 Å². The molecule has 0 saturated carbocycles. The SMILES string of the molecule is Cn1c(C(=O)C(C)(C)CN)cnc1Cl. The fraction of sp³-hybridized carbons (Fsp3) is 0.556. The molecule has 2 N–H and O–H groups in total. The van der Waals surface area contributed by atoms with Crippen LogP contribution in [0, 0.1) is 5.41 Å². The first-order chi connectivity index (χ1) is 6.40. The Morgan fingerprint density at radius 1 is 1.71 bits per heavy atom. The highest BCUT2D eigenvalue weighted by Gasteiger charge is 2.29. The van der Waals surface area contributed by atoms with E-state index in [1.54, 1.807) is 25.5 Å². The van der Waals surface area contributed by atoms with Crippen LogP contribution in [0.1, 0.15) is 24.3 Å². The van der Waals surface area contributed by atoms with Crippen molar-refractivity contribution in [3.8, 4) is 0 Å². The lowest BCUT2D eigenvalue weighted by molar-refractivity contribution is 0.0838. The predicted molar refractivity (Wildman–Crippen MR) is 55.4 cm³/mol. The van der Waals surface area contributed by atoms with Crippen molar-refractivity contribution in [2.75, 3.05) is 6.54 Å². The number of nitrogens with zero attached hydrogens (tertiary/aromatic N) is 2. The number of halogens is 1. The Balaban J connectivity index is 3.07. The molecular formula is C9H14ClN3O. The van der Waals surface area contributed by atoms with Gasteiger partial charge in [0.25, 0.3) is 0 Å². The zero-order chi connectivity index (χ0) is 10.9. The number of carbonyl (C=O) groups is 1. The molecule has 4 nitrogen and oxygen atoms in total. The molecule has 0 aromatic carbocycles. The van der Waals surface area contributed by atoms with Gasteiger partial charge in [-0.25, -0.2) is 4.98 Å². The number of hydrogen-bond acceptors (Lipinski definition) is 3. The van der Waals surface area contributed by atoms with Crippen molar-refractivity contribution in [1.29, 1.82) is 0 Å². The standard InChI is InChI=1S/C9H14ClN3O/c1-9(2,5-11)7(14)6-4-12-8(10)13(6)3/h4H,5,11H2,1-3H3. The highest BCUT2D eigenvalue weighted by molar-refractivity contribution is 6.28. The molecule has 0 saturated heterocycles. The summed E-state index contributed by atoms with van der Waals surface area (Å²) in [5.74, 6) is -0.0399. The van der Waals surface area contributed by atoms with Gasteiger partial charge in [-0.2, -0.15) is 0 Å². The number of imidazole rings is 1. The Hall–Kier alpha value is -0.870. The van der Waals surface area contributed by atoms with Crippen molar-refractivity contribution in [2.45, 2.75) is 13.8 Å². The van der Waals surface area contributed by atoms with Gasteiger partial charge in [-0.1, -0.05) is 13.8 Å². The van der Waals surface area contributed by atoms with E-state index in [0.717, 1.165) is 0 Å². The molecule has 78 valence electrons. The quantitative estimate of drug-likeness (QED) is 0.772. The molecule has 0 atom stereocenters. The van der Waals surface area contributed by atoms with Crippen LogP contribution in [0.25, 0.3) is 0 Å².